The van der Waals surface area contributed by atoms with Crippen LogP contribution >= 0.6 is 11.6 Å². The number of sulfonamides is 1. The van der Waals surface area contributed by atoms with Crippen molar-refractivity contribution in [3.8, 4) is 5.75 Å². The SMILES string of the molecule is C=CC[C@@H](C)[C@H](C[C@@H]1CCCO1)S(=O)(=O)NC(=O)c1ccc2c(c1)N(C[C@@H]1CC[C@H]1[C@@H](O)/C=C/CCC)C[C@@]1(CCCc3cc(Cl)ccc31)CO2. The van der Waals surface area contributed by atoms with Gasteiger partial charge >= 0.3 is 0 Å². The van der Waals surface area contributed by atoms with Gasteiger partial charge in [-0.1, -0.05) is 56.2 Å². The zero-order valence-electron chi connectivity index (χ0n) is 30.2. The number of carbonyl (C=O) groups excluding carboxylic acids is 1. The van der Waals surface area contributed by atoms with Gasteiger partial charge in [-0.15, -0.1) is 6.58 Å². The summed E-state index contributed by atoms with van der Waals surface area (Å²) < 4.78 is 42.6. The van der Waals surface area contributed by atoms with Crippen molar-refractivity contribution < 1.29 is 27.8 Å². The number of aryl methyl sites for hydroxylation is 1. The van der Waals surface area contributed by atoms with E-state index in [4.69, 9.17) is 21.1 Å². The summed E-state index contributed by atoms with van der Waals surface area (Å²) in [4.78, 5) is 16.2. The van der Waals surface area contributed by atoms with E-state index in [1.54, 1.807) is 24.3 Å². The van der Waals surface area contributed by atoms with Gasteiger partial charge in [-0.05, 0) is 123 Å². The number of halogens is 1. The van der Waals surface area contributed by atoms with Crippen LogP contribution in [0.2, 0.25) is 5.02 Å². The summed E-state index contributed by atoms with van der Waals surface area (Å²) in [6.07, 6.45) is 14.6. The van der Waals surface area contributed by atoms with Crippen molar-refractivity contribution in [1.82, 2.24) is 4.72 Å². The normalized spacial score (nSPS) is 26.4. The number of amides is 1. The Morgan fingerprint density at radius 1 is 1.20 bits per heavy atom. The lowest BCUT2D eigenvalue weighted by Gasteiger charge is -2.45. The van der Waals surface area contributed by atoms with Gasteiger partial charge in [-0.2, -0.15) is 0 Å². The van der Waals surface area contributed by atoms with Crippen molar-refractivity contribution in [3.05, 3.63) is 82.9 Å². The molecule has 51 heavy (non-hydrogen) atoms. The molecule has 0 unspecified atom stereocenters. The highest BCUT2D eigenvalue weighted by molar-refractivity contribution is 7.90. The molecule has 6 rings (SSSR count). The van der Waals surface area contributed by atoms with Crippen molar-refractivity contribution in [2.75, 3.05) is 31.2 Å². The smallest absolute Gasteiger partial charge is 0.264 e. The number of fused-ring (bicyclic) bond motifs is 3. The Labute approximate surface area is 309 Å². The number of carbonyl (C=O) groups is 1. The van der Waals surface area contributed by atoms with Crippen LogP contribution in [0.3, 0.4) is 0 Å². The highest BCUT2D eigenvalue weighted by atomic mass is 35.5. The summed E-state index contributed by atoms with van der Waals surface area (Å²) >= 11 is 6.45. The Balaban J connectivity index is 1.30. The maximum absolute atomic E-state index is 13.9. The largest absolute Gasteiger partial charge is 0.490 e. The Kier molecular flexibility index (Phi) is 12.2. The molecule has 1 amide bonds. The molecule has 1 spiro atoms. The summed E-state index contributed by atoms with van der Waals surface area (Å²) in [6.45, 7) is 10.3. The van der Waals surface area contributed by atoms with E-state index < -0.39 is 27.3 Å². The minimum atomic E-state index is -4.04. The number of benzene rings is 2. The second kappa shape index (κ2) is 16.4. The Hall–Kier alpha value is -2.85. The van der Waals surface area contributed by atoms with Gasteiger partial charge in [0.15, 0.2) is 0 Å². The number of ether oxygens (including phenoxy) is 2. The van der Waals surface area contributed by atoms with Crippen molar-refractivity contribution in [2.45, 2.75) is 107 Å². The van der Waals surface area contributed by atoms with E-state index in [2.05, 4.69) is 41.3 Å². The monoisotopic (exact) mass is 738 g/mol. The molecule has 2 heterocycles. The van der Waals surface area contributed by atoms with Gasteiger partial charge in [0.2, 0.25) is 10.0 Å². The molecule has 2 fully saturated rings. The molecule has 0 bridgehead atoms. The number of aliphatic hydroxyl groups is 1. The fraction of sp³-hybridized carbons (Fsp3) is 0.585. The summed E-state index contributed by atoms with van der Waals surface area (Å²) in [6, 6.07) is 11.4. The minimum Gasteiger partial charge on any atom is -0.490 e. The van der Waals surface area contributed by atoms with Gasteiger partial charge in [0.05, 0.1) is 29.8 Å². The topological polar surface area (TPSA) is 105 Å². The first kappa shape index (κ1) is 37.9. The van der Waals surface area contributed by atoms with Crippen LogP contribution in [-0.2, 0) is 26.6 Å². The molecule has 2 N–H and O–H groups in total. The van der Waals surface area contributed by atoms with E-state index in [1.165, 1.54) is 11.1 Å². The molecule has 0 aromatic heterocycles. The third-order valence-corrected chi connectivity index (χ3v) is 13.9. The summed E-state index contributed by atoms with van der Waals surface area (Å²) in [5.74, 6) is 0.178. The maximum atomic E-state index is 13.9. The molecule has 2 aliphatic heterocycles. The quantitative estimate of drug-likeness (QED) is 0.191. The van der Waals surface area contributed by atoms with Crippen molar-refractivity contribution in [2.24, 2.45) is 17.8 Å². The highest BCUT2D eigenvalue weighted by Gasteiger charge is 2.44. The number of hydrogen-bond donors (Lipinski definition) is 2. The molecule has 2 aromatic carbocycles. The van der Waals surface area contributed by atoms with Crippen molar-refractivity contribution >= 4 is 33.2 Å². The Morgan fingerprint density at radius 2 is 2.04 bits per heavy atom. The van der Waals surface area contributed by atoms with Gasteiger partial charge < -0.3 is 19.5 Å². The molecule has 4 aliphatic rings. The van der Waals surface area contributed by atoms with E-state index in [9.17, 15) is 18.3 Å². The molecule has 1 saturated carbocycles. The lowest BCUT2D eigenvalue weighted by molar-refractivity contribution is 0.0456. The molecule has 10 heteroatoms. The predicted molar refractivity (Wildman–Crippen MR) is 204 cm³/mol. The molecule has 0 radical (unpaired) electrons. The second-order valence-electron chi connectivity index (χ2n) is 15.4. The molecule has 1 saturated heterocycles. The number of aliphatic hydroxyl groups excluding tert-OH is 1. The number of nitrogens with zero attached hydrogens (tertiary/aromatic N) is 1. The van der Waals surface area contributed by atoms with Crippen LogP contribution < -0.4 is 14.4 Å². The molecular weight excluding hydrogens is 684 g/mol. The first-order valence-corrected chi connectivity index (χ1v) is 20.9. The number of anilines is 1. The standard InChI is InChI=1S/C41H55ClN2O6S/c1-4-6-7-13-37(45)34-17-14-31(34)25-44-26-41(20-8-11-29-22-32(42)16-18-35(29)41)27-50-38-19-15-30(23-36(38)44)40(46)43-51(47,48)39(28(3)10-5-2)24-33-12-9-21-49-33/h5,7,13,15-16,18-19,22-23,28,31,33-34,37,39,45H,2,4,6,8-12,14,17,20-21,24-27H2,1,3H3,(H,43,46)/b13-7+/t28-,31+,33+,34-,37+,39+,41+/m1/s1. The van der Waals surface area contributed by atoms with E-state index in [0.29, 0.717) is 44.9 Å². The van der Waals surface area contributed by atoms with Crippen LogP contribution in [0.4, 0.5) is 5.69 Å². The van der Waals surface area contributed by atoms with Gasteiger partial charge in [-0.25, -0.2) is 13.1 Å². The highest BCUT2D eigenvalue weighted by Crippen LogP contribution is 2.47. The molecule has 7 atom stereocenters. The molecule has 278 valence electrons. The van der Waals surface area contributed by atoms with Crippen LogP contribution in [0.25, 0.3) is 0 Å². The van der Waals surface area contributed by atoms with Gasteiger partial charge in [0.25, 0.3) is 5.91 Å². The first-order valence-electron chi connectivity index (χ1n) is 19.0. The zero-order chi connectivity index (χ0) is 36.2. The fourth-order valence-corrected chi connectivity index (χ4v) is 10.7. The van der Waals surface area contributed by atoms with Crippen molar-refractivity contribution in [3.63, 3.8) is 0 Å². The average Bonchev–Trinajstić information content (AvgIpc) is 3.56. The number of unbranched alkanes of at least 4 members (excludes halogenated alkanes) is 1. The van der Waals surface area contributed by atoms with Crippen LogP contribution in [0.15, 0.2) is 61.2 Å². The Bertz CT molecular complexity index is 1690. The van der Waals surface area contributed by atoms with E-state index in [1.807, 2.05) is 19.1 Å². The third kappa shape index (κ3) is 8.53. The summed E-state index contributed by atoms with van der Waals surface area (Å²) in [7, 11) is -4.04. The van der Waals surface area contributed by atoms with Gasteiger partial charge in [0.1, 0.15) is 5.75 Å². The maximum Gasteiger partial charge on any atom is 0.264 e. The van der Waals surface area contributed by atoms with E-state index >= 15 is 0 Å². The van der Waals surface area contributed by atoms with Crippen LogP contribution in [0, 0.1) is 17.8 Å². The van der Waals surface area contributed by atoms with Crippen LogP contribution in [0.5, 0.6) is 5.75 Å². The first-order chi connectivity index (χ1) is 24.5. The van der Waals surface area contributed by atoms with Gasteiger partial charge in [0, 0.05) is 35.7 Å². The lowest BCUT2D eigenvalue weighted by atomic mass is 9.68. The minimum absolute atomic E-state index is 0.142. The fourth-order valence-electron chi connectivity index (χ4n) is 8.79. The Morgan fingerprint density at radius 3 is 2.76 bits per heavy atom. The predicted octanol–water partition coefficient (Wildman–Crippen LogP) is 7.77. The average molecular weight is 739 g/mol. The number of nitrogens with one attached hydrogen (secondary N) is 1. The number of allylic oxidation sites excluding steroid dienone is 2. The number of rotatable bonds is 14. The second-order valence-corrected chi connectivity index (χ2v) is 17.7. The van der Waals surface area contributed by atoms with Gasteiger partial charge in [-0.3, -0.25) is 4.79 Å². The summed E-state index contributed by atoms with van der Waals surface area (Å²) in [5.41, 5.74) is 3.24. The number of hydrogen-bond acceptors (Lipinski definition) is 7. The molecule has 2 aromatic rings. The van der Waals surface area contributed by atoms with Crippen LogP contribution in [0.1, 0.15) is 99.5 Å². The molecule has 2 aliphatic carbocycles. The van der Waals surface area contributed by atoms with Crippen LogP contribution in [-0.4, -0.2) is 63.2 Å². The zero-order valence-corrected chi connectivity index (χ0v) is 31.8. The molecular formula is C41H55ClN2O6S. The van der Waals surface area contributed by atoms with E-state index in [0.717, 1.165) is 68.5 Å². The molecule has 8 nitrogen and oxygen atoms in total. The van der Waals surface area contributed by atoms with E-state index in [-0.39, 0.29) is 34.8 Å². The third-order valence-electron chi connectivity index (χ3n) is 11.8. The lowest BCUT2D eigenvalue weighted by Crippen LogP contribution is -2.49. The van der Waals surface area contributed by atoms with Crippen molar-refractivity contribution in [1.29, 1.82) is 0 Å². The summed E-state index contributed by atoms with van der Waals surface area (Å²) in [5, 5.41) is 11.0.